The summed E-state index contributed by atoms with van der Waals surface area (Å²) in [6.07, 6.45) is 4.28. The summed E-state index contributed by atoms with van der Waals surface area (Å²) in [5.74, 6) is -1.60. The molecule has 0 aromatic rings. The molecule has 4 N–H and O–H groups in total. The third-order valence-electron chi connectivity index (χ3n) is 4.86. The monoisotopic (exact) mass is 400 g/mol. The van der Waals surface area contributed by atoms with E-state index >= 15 is 0 Å². The lowest BCUT2D eigenvalue weighted by molar-refractivity contribution is -0.149. The predicted octanol–water partition coefficient (Wildman–Crippen LogP) is 2.58. The Morgan fingerprint density at radius 1 is 1.11 bits per heavy atom. The molecule has 0 bridgehead atoms. The van der Waals surface area contributed by atoms with Crippen LogP contribution in [0.2, 0.25) is 0 Å². The van der Waals surface area contributed by atoms with Crippen molar-refractivity contribution in [2.75, 3.05) is 0 Å². The molecule has 0 radical (unpaired) electrons. The van der Waals surface area contributed by atoms with Crippen LogP contribution in [0.15, 0.2) is 0 Å². The minimum absolute atomic E-state index is 0.275. The zero-order valence-corrected chi connectivity index (χ0v) is 17.5. The van der Waals surface area contributed by atoms with Gasteiger partial charge in [-0.15, -0.1) is 0 Å². The van der Waals surface area contributed by atoms with Crippen molar-refractivity contribution < 1.29 is 29.3 Å². The van der Waals surface area contributed by atoms with Crippen molar-refractivity contribution in [3.8, 4) is 0 Å². The molecule has 8 nitrogen and oxygen atoms in total. The standard InChI is InChI=1S/C20H36N2O6/c1-5-9-14(22-19(27)28-20(2,3)4)17(24)21-15(16(23)18(25)26)12-13-10-7-6-8-11-13/h13-16,23H,5-12H2,1-4H3,(H,21,24)(H,22,27)(H,25,26)/t14-,15?,16?/m0/s1. The summed E-state index contributed by atoms with van der Waals surface area (Å²) in [6, 6.07) is -1.75. The largest absolute Gasteiger partial charge is 0.479 e. The first-order chi connectivity index (χ1) is 13.0. The second-order valence-electron chi connectivity index (χ2n) is 8.63. The fourth-order valence-corrected chi connectivity index (χ4v) is 3.51. The number of aliphatic carboxylic acids is 1. The number of alkyl carbamates (subject to hydrolysis) is 1. The average Bonchev–Trinajstić information content (AvgIpc) is 2.59. The third kappa shape index (κ3) is 8.91. The van der Waals surface area contributed by atoms with Gasteiger partial charge in [-0.05, 0) is 39.5 Å². The average molecular weight is 401 g/mol. The highest BCUT2D eigenvalue weighted by Crippen LogP contribution is 2.28. The number of amides is 2. The van der Waals surface area contributed by atoms with Crippen molar-refractivity contribution in [1.82, 2.24) is 10.6 Å². The summed E-state index contributed by atoms with van der Waals surface area (Å²) in [7, 11) is 0. The number of aliphatic hydroxyl groups is 1. The Morgan fingerprint density at radius 3 is 2.21 bits per heavy atom. The Labute approximate surface area is 167 Å². The highest BCUT2D eigenvalue weighted by Gasteiger charge is 2.33. The van der Waals surface area contributed by atoms with Crippen molar-refractivity contribution in [3.05, 3.63) is 0 Å². The summed E-state index contributed by atoms with van der Waals surface area (Å²) in [5.41, 5.74) is -0.694. The van der Waals surface area contributed by atoms with Crippen LogP contribution in [0.3, 0.4) is 0 Å². The number of carbonyl (C=O) groups is 3. The van der Waals surface area contributed by atoms with Gasteiger partial charge in [0.25, 0.3) is 0 Å². The van der Waals surface area contributed by atoms with E-state index in [1.807, 2.05) is 6.92 Å². The molecular formula is C20H36N2O6. The molecule has 0 aromatic heterocycles. The zero-order chi connectivity index (χ0) is 21.3. The summed E-state index contributed by atoms with van der Waals surface area (Å²) in [5, 5.41) is 24.5. The molecule has 0 aliphatic heterocycles. The van der Waals surface area contributed by atoms with Crippen LogP contribution in [0.25, 0.3) is 0 Å². The van der Waals surface area contributed by atoms with Crippen LogP contribution in [0.1, 0.15) is 79.1 Å². The summed E-state index contributed by atoms with van der Waals surface area (Å²) >= 11 is 0. The van der Waals surface area contributed by atoms with Crippen LogP contribution in [0.4, 0.5) is 4.79 Å². The van der Waals surface area contributed by atoms with E-state index in [9.17, 15) is 24.6 Å². The van der Waals surface area contributed by atoms with Gasteiger partial charge in [0.05, 0.1) is 6.04 Å². The maximum atomic E-state index is 12.7. The number of aliphatic hydroxyl groups excluding tert-OH is 1. The summed E-state index contributed by atoms with van der Waals surface area (Å²) in [4.78, 5) is 36.1. The molecule has 2 unspecified atom stereocenters. The Hall–Kier alpha value is -1.83. The van der Waals surface area contributed by atoms with Gasteiger partial charge in [-0.1, -0.05) is 45.4 Å². The first-order valence-corrected chi connectivity index (χ1v) is 10.2. The first kappa shape index (κ1) is 24.2. The topological polar surface area (TPSA) is 125 Å². The van der Waals surface area contributed by atoms with Crippen molar-refractivity contribution in [2.45, 2.75) is 103 Å². The minimum atomic E-state index is -1.69. The van der Waals surface area contributed by atoms with Crippen LogP contribution in [0.5, 0.6) is 0 Å². The van der Waals surface area contributed by atoms with Crippen molar-refractivity contribution in [2.24, 2.45) is 5.92 Å². The van der Waals surface area contributed by atoms with Crippen LogP contribution in [0, 0.1) is 5.92 Å². The second-order valence-corrected chi connectivity index (χ2v) is 8.63. The van der Waals surface area contributed by atoms with Crippen molar-refractivity contribution >= 4 is 18.0 Å². The maximum Gasteiger partial charge on any atom is 0.408 e. The molecule has 1 aliphatic carbocycles. The molecule has 0 heterocycles. The lowest BCUT2D eigenvalue weighted by Gasteiger charge is -2.30. The van der Waals surface area contributed by atoms with E-state index in [2.05, 4.69) is 10.6 Å². The molecule has 1 saturated carbocycles. The van der Waals surface area contributed by atoms with E-state index in [0.717, 1.165) is 32.1 Å². The van der Waals surface area contributed by atoms with Gasteiger partial charge in [0.2, 0.25) is 5.91 Å². The summed E-state index contributed by atoms with van der Waals surface area (Å²) < 4.78 is 5.20. The van der Waals surface area contributed by atoms with E-state index in [4.69, 9.17) is 4.74 Å². The fraction of sp³-hybridized carbons (Fsp3) is 0.850. The maximum absolute atomic E-state index is 12.7. The number of ether oxygens (including phenoxy) is 1. The van der Waals surface area contributed by atoms with Crippen molar-refractivity contribution in [1.29, 1.82) is 0 Å². The molecule has 8 heteroatoms. The normalized spacial score (nSPS) is 18.6. The predicted molar refractivity (Wildman–Crippen MR) is 105 cm³/mol. The highest BCUT2D eigenvalue weighted by atomic mass is 16.6. The third-order valence-corrected chi connectivity index (χ3v) is 4.86. The van der Waals surface area contributed by atoms with E-state index in [0.29, 0.717) is 19.3 Å². The molecule has 3 atom stereocenters. The zero-order valence-electron chi connectivity index (χ0n) is 17.5. The van der Waals surface area contributed by atoms with Crippen LogP contribution >= 0.6 is 0 Å². The van der Waals surface area contributed by atoms with Gasteiger partial charge in [-0.2, -0.15) is 0 Å². The number of carbonyl (C=O) groups excluding carboxylic acids is 2. The highest BCUT2D eigenvalue weighted by molar-refractivity contribution is 5.86. The van der Waals surface area contributed by atoms with E-state index in [1.54, 1.807) is 20.8 Å². The number of hydrogen-bond donors (Lipinski definition) is 4. The number of nitrogens with one attached hydrogen (secondary N) is 2. The van der Waals surface area contributed by atoms with Gasteiger partial charge in [-0.25, -0.2) is 9.59 Å². The Kier molecular flexibility index (Phi) is 9.72. The Balaban J connectivity index is 2.79. The van der Waals surface area contributed by atoms with Gasteiger partial charge < -0.3 is 25.6 Å². The van der Waals surface area contributed by atoms with E-state index in [-0.39, 0.29) is 5.92 Å². The SMILES string of the molecule is CCC[C@H](NC(=O)OC(C)(C)C)C(=O)NC(CC1CCCCC1)C(O)C(=O)O. The summed E-state index contributed by atoms with van der Waals surface area (Å²) in [6.45, 7) is 7.06. The molecule has 0 spiro atoms. The lowest BCUT2D eigenvalue weighted by atomic mass is 9.83. The smallest absolute Gasteiger partial charge is 0.408 e. The molecular weight excluding hydrogens is 364 g/mol. The molecule has 0 aromatic carbocycles. The fourth-order valence-electron chi connectivity index (χ4n) is 3.51. The first-order valence-electron chi connectivity index (χ1n) is 10.2. The number of carboxylic acid groups (broad SMARTS) is 1. The van der Waals surface area contributed by atoms with Gasteiger partial charge in [-0.3, -0.25) is 4.79 Å². The van der Waals surface area contributed by atoms with Gasteiger partial charge >= 0.3 is 12.1 Å². The minimum Gasteiger partial charge on any atom is -0.479 e. The second kappa shape index (κ2) is 11.2. The van der Waals surface area contributed by atoms with Gasteiger partial charge in [0, 0.05) is 0 Å². The van der Waals surface area contributed by atoms with Crippen LogP contribution in [-0.2, 0) is 14.3 Å². The molecule has 162 valence electrons. The van der Waals surface area contributed by atoms with Crippen molar-refractivity contribution in [3.63, 3.8) is 0 Å². The number of carboxylic acids is 1. The van der Waals surface area contributed by atoms with Crippen LogP contribution in [-0.4, -0.2) is 52.0 Å². The Bertz CT molecular complexity index is 525. The quantitative estimate of drug-likeness (QED) is 0.471. The molecule has 1 fully saturated rings. The molecule has 1 rings (SSSR count). The molecule has 28 heavy (non-hydrogen) atoms. The van der Waals surface area contributed by atoms with Crippen LogP contribution < -0.4 is 10.6 Å². The van der Waals surface area contributed by atoms with E-state index in [1.165, 1.54) is 0 Å². The lowest BCUT2D eigenvalue weighted by Crippen LogP contribution is -2.54. The molecule has 1 aliphatic rings. The Morgan fingerprint density at radius 2 is 1.71 bits per heavy atom. The number of hydrogen-bond acceptors (Lipinski definition) is 5. The molecule has 2 amide bonds. The van der Waals surface area contributed by atoms with E-state index < -0.39 is 41.8 Å². The molecule has 0 saturated heterocycles. The van der Waals surface area contributed by atoms with Gasteiger partial charge in [0.15, 0.2) is 6.10 Å². The van der Waals surface area contributed by atoms with Gasteiger partial charge in [0.1, 0.15) is 11.6 Å². The number of rotatable bonds is 9.